The van der Waals surface area contributed by atoms with E-state index < -0.39 is 0 Å². The van der Waals surface area contributed by atoms with Crippen molar-refractivity contribution in [2.45, 2.75) is 26.7 Å². The van der Waals surface area contributed by atoms with Crippen molar-refractivity contribution < 1.29 is 9.53 Å². The zero-order valence-electron chi connectivity index (χ0n) is 8.55. The zero-order valence-corrected chi connectivity index (χ0v) is 10.7. The predicted molar refractivity (Wildman–Crippen MR) is 65.2 cm³/mol. The zero-order chi connectivity index (χ0) is 10.6. The molecule has 2 nitrogen and oxygen atoms in total. The summed E-state index contributed by atoms with van der Waals surface area (Å²) in [5.74, 6) is 0.178. The Morgan fingerprint density at radius 1 is 1.64 bits per heavy atom. The molecule has 1 aliphatic carbocycles. The summed E-state index contributed by atoms with van der Waals surface area (Å²) in [7, 11) is 0. The first-order chi connectivity index (χ1) is 6.65. The second-order valence-corrected chi connectivity index (χ2v) is 4.52. The van der Waals surface area contributed by atoms with Crippen LogP contribution in [0.1, 0.15) is 26.7 Å². The van der Waals surface area contributed by atoms with Gasteiger partial charge in [0.05, 0.1) is 13.0 Å². The van der Waals surface area contributed by atoms with Crippen LogP contribution in [-0.4, -0.2) is 12.6 Å². The Labute approximate surface area is 98.5 Å². The summed E-state index contributed by atoms with van der Waals surface area (Å²) in [6.07, 6.45) is 5.85. The van der Waals surface area contributed by atoms with Gasteiger partial charge in [0.25, 0.3) is 0 Å². The van der Waals surface area contributed by atoms with Gasteiger partial charge in [0.2, 0.25) is 0 Å². The summed E-state index contributed by atoms with van der Waals surface area (Å²) in [5, 5.41) is 0. The summed E-state index contributed by atoms with van der Waals surface area (Å²) in [6, 6.07) is 0. The van der Waals surface area contributed by atoms with Crippen LogP contribution >= 0.6 is 22.6 Å². The average Bonchev–Trinajstić information content (AvgIpc) is 2.51. The van der Waals surface area contributed by atoms with Crippen molar-refractivity contribution in [1.29, 1.82) is 0 Å². The number of esters is 1. The molecule has 1 aliphatic rings. The number of halogens is 1. The van der Waals surface area contributed by atoms with E-state index in [0.717, 1.165) is 6.42 Å². The van der Waals surface area contributed by atoms with Gasteiger partial charge in [0.1, 0.15) is 0 Å². The quantitative estimate of drug-likeness (QED) is 0.589. The Kier molecular flexibility index (Phi) is 4.65. The third-order valence-electron chi connectivity index (χ3n) is 2.22. The number of rotatable bonds is 4. The molecule has 14 heavy (non-hydrogen) atoms. The highest BCUT2D eigenvalue weighted by molar-refractivity contribution is 14.1. The predicted octanol–water partition coefficient (Wildman–Crippen LogP) is 3.22. The molecule has 0 N–H and O–H groups in total. The Bertz CT molecular complexity index is 279. The SMILES string of the molecule is CCOC(=O)C[C@H](C)C1=CCC=C1I. The van der Waals surface area contributed by atoms with E-state index in [1.54, 1.807) is 0 Å². The van der Waals surface area contributed by atoms with Crippen LogP contribution in [0.15, 0.2) is 21.3 Å². The minimum absolute atomic E-state index is 0.1000. The van der Waals surface area contributed by atoms with Gasteiger partial charge in [-0.15, -0.1) is 0 Å². The molecule has 0 amide bonds. The van der Waals surface area contributed by atoms with Gasteiger partial charge in [-0.3, -0.25) is 4.79 Å². The van der Waals surface area contributed by atoms with Crippen LogP contribution in [0.25, 0.3) is 0 Å². The fourth-order valence-corrected chi connectivity index (χ4v) is 2.53. The smallest absolute Gasteiger partial charge is 0.306 e. The largest absolute Gasteiger partial charge is 0.466 e. The maximum Gasteiger partial charge on any atom is 0.306 e. The van der Waals surface area contributed by atoms with Crippen molar-refractivity contribution >= 4 is 28.6 Å². The van der Waals surface area contributed by atoms with Gasteiger partial charge >= 0.3 is 5.97 Å². The lowest BCUT2D eigenvalue weighted by molar-refractivity contribution is -0.143. The average molecular weight is 306 g/mol. The molecular formula is C11H15IO2. The standard InChI is InChI=1S/C11H15IO2/c1-3-14-11(13)7-8(2)9-5-4-6-10(9)12/h5-6,8H,3-4,7H2,1-2H3/t8-/m0/s1. The molecule has 0 saturated heterocycles. The molecule has 0 bridgehead atoms. The van der Waals surface area contributed by atoms with E-state index in [0.29, 0.717) is 13.0 Å². The number of ether oxygens (including phenoxy) is 1. The van der Waals surface area contributed by atoms with Crippen LogP contribution in [0, 0.1) is 5.92 Å². The van der Waals surface area contributed by atoms with E-state index in [4.69, 9.17) is 4.74 Å². The van der Waals surface area contributed by atoms with E-state index >= 15 is 0 Å². The molecule has 78 valence electrons. The van der Waals surface area contributed by atoms with Gasteiger partial charge in [-0.2, -0.15) is 0 Å². The number of carbonyl (C=O) groups excluding carboxylic acids is 1. The molecule has 1 rings (SSSR count). The van der Waals surface area contributed by atoms with Crippen molar-refractivity contribution in [3.8, 4) is 0 Å². The minimum Gasteiger partial charge on any atom is -0.466 e. The summed E-state index contributed by atoms with van der Waals surface area (Å²) in [6.45, 7) is 4.37. The molecule has 0 aromatic carbocycles. The fraction of sp³-hybridized carbons (Fsp3) is 0.545. The van der Waals surface area contributed by atoms with E-state index in [9.17, 15) is 4.79 Å². The van der Waals surface area contributed by atoms with Gasteiger partial charge in [0, 0.05) is 3.58 Å². The molecule has 0 unspecified atom stereocenters. The first-order valence-corrected chi connectivity index (χ1v) is 5.94. The molecule has 0 aliphatic heterocycles. The molecule has 0 heterocycles. The Morgan fingerprint density at radius 2 is 2.36 bits per heavy atom. The number of hydrogen-bond acceptors (Lipinski definition) is 2. The van der Waals surface area contributed by atoms with Crippen LogP contribution in [-0.2, 0) is 9.53 Å². The van der Waals surface area contributed by atoms with Crippen LogP contribution in [0.5, 0.6) is 0 Å². The highest BCUT2D eigenvalue weighted by Gasteiger charge is 2.18. The van der Waals surface area contributed by atoms with Crippen molar-refractivity contribution in [1.82, 2.24) is 0 Å². The van der Waals surface area contributed by atoms with Crippen molar-refractivity contribution in [2.24, 2.45) is 5.92 Å². The second-order valence-electron chi connectivity index (χ2n) is 3.36. The fourth-order valence-electron chi connectivity index (χ4n) is 1.52. The summed E-state index contributed by atoms with van der Waals surface area (Å²) < 4.78 is 6.20. The molecule has 0 fully saturated rings. The molecule has 0 aromatic heterocycles. The van der Waals surface area contributed by atoms with Crippen LogP contribution in [0.4, 0.5) is 0 Å². The lowest BCUT2D eigenvalue weighted by Crippen LogP contribution is -2.10. The Hall–Kier alpha value is -0.320. The molecule has 0 spiro atoms. The monoisotopic (exact) mass is 306 g/mol. The molecule has 1 atom stereocenters. The van der Waals surface area contributed by atoms with E-state index in [1.165, 1.54) is 9.15 Å². The molecule has 0 saturated carbocycles. The van der Waals surface area contributed by atoms with Gasteiger partial charge in [-0.25, -0.2) is 0 Å². The van der Waals surface area contributed by atoms with Gasteiger partial charge in [-0.05, 0) is 47.4 Å². The van der Waals surface area contributed by atoms with Crippen molar-refractivity contribution in [2.75, 3.05) is 6.61 Å². The minimum atomic E-state index is -0.1000. The Morgan fingerprint density at radius 3 is 2.86 bits per heavy atom. The highest BCUT2D eigenvalue weighted by Crippen LogP contribution is 2.32. The third-order valence-corrected chi connectivity index (χ3v) is 3.28. The summed E-state index contributed by atoms with van der Waals surface area (Å²) in [4.78, 5) is 11.2. The molecule has 0 aromatic rings. The first-order valence-electron chi connectivity index (χ1n) is 4.86. The van der Waals surface area contributed by atoms with E-state index in [-0.39, 0.29) is 11.9 Å². The van der Waals surface area contributed by atoms with E-state index in [1.807, 2.05) is 6.92 Å². The van der Waals surface area contributed by atoms with Crippen molar-refractivity contribution in [3.63, 3.8) is 0 Å². The maximum absolute atomic E-state index is 11.2. The second kappa shape index (κ2) is 5.53. The highest BCUT2D eigenvalue weighted by atomic mass is 127. The molecular weight excluding hydrogens is 291 g/mol. The van der Waals surface area contributed by atoms with Crippen molar-refractivity contribution in [3.05, 3.63) is 21.3 Å². The normalized spacial score (nSPS) is 17.4. The lowest BCUT2D eigenvalue weighted by atomic mass is 9.99. The summed E-state index contributed by atoms with van der Waals surface area (Å²) in [5.41, 5.74) is 1.29. The summed E-state index contributed by atoms with van der Waals surface area (Å²) >= 11 is 2.32. The van der Waals surface area contributed by atoms with E-state index in [2.05, 4.69) is 41.7 Å². The molecule has 0 radical (unpaired) electrons. The lowest BCUT2D eigenvalue weighted by Gasteiger charge is -2.12. The number of hydrogen-bond donors (Lipinski definition) is 0. The van der Waals surface area contributed by atoms with Crippen LogP contribution < -0.4 is 0 Å². The van der Waals surface area contributed by atoms with Gasteiger partial charge in [-0.1, -0.05) is 19.1 Å². The first kappa shape index (κ1) is 11.8. The van der Waals surface area contributed by atoms with Gasteiger partial charge in [0.15, 0.2) is 0 Å². The number of carbonyl (C=O) groups is 1. The van der Waals surface area contributed by atoms with Gasteiger partial charge < -0.3 is 4.74 Å². The van der Waals surface area contributed by atoms with Crippen LogP contribution in [0.2, 0.25) is 0 Å². The maximum atomic E-state index is 11.2. The molecule has 3 heteroatoms. The topological polar surface area (TPSA) is 26.3 Å². The third kappa shape index (κ3) is 3.12. The number of allylic oxidation sites excluding steroid dienone is 4. The van der Waals surface area contributed by atoms with Crippen LogP contribution in [0.3, 0.4) is 0 Å². The Balaban J connectivity index is 2.46.